The van der Waals surface area contributed by atoms with Crippen LogP contribution in [0.4, 0.5) is 15.8 Å². The number of carbonyl (C=O) groups is 3. The Balaban J connectivity index is 1.72. The molecule has 0 bridgehead atoms. The van der Waals surface area contributed by atoms with E-state index >= 15 is 0 Å². The van der Waals surface area contributed by atoms with E-state index < -0.39 is 23.6 Å². The van der Waals surface area contributed by atoms with E-state index in [0.717, 1.165) is 29.9 Å². The molecule has 2 aromatic carbocycles. The maximum absolute atomic E-state index is 13.1. The molecular weight excluding hydrogens is 399 g/mol. The van der Waals surface area contributed by atoms with E-state index in [9.17, 15) is 18.8 Å². The average Bonchev–Trinajstić information content (AvgIpc) is 2.93. The highest BCUT2D eigenvalue weighted by Crippen LogP contribution is 2.30. The van der Waals surface area contributed by atoms with Gasteiger partial charge in [-0.05, 0) is 55.0 Å². The SMILES string of the molecule is CCCCOC(=O)c1ccc(NC2=C(Cl)C(=O)N(c3ccc(F)cc3)C2=O)cc1. The molecular formula is C21H18ClFN2O4. The molecule has 0 saturated carbocycles. The van der Waals surface area contributed by atoms with Gasteiger partial charge in [-0.3, -0.25) is 9.59 Å². The first-order valence-corrected chi connectivity index (χ1v) is 9.38. The van der Waals surface area contributed by atoms with Crippen LogP contribution in [0, 0.1) is 5.82 Å². The van der Waals surface area contributed by atoms with E-state index in [4.69, 9.17) is 16.3 Å². The molecule has 0 radical (unpaired) electrons. The molecule has 0 spiro atoms. The molecule has 150 valence electrons. The van der Waals surface area contributed by atoms with Gasteiger partial charge in [0.15, 0.2) is 0 Å². The molecule has 1 aliphatic heterocycles. The topological polar surface area (TPSA) is 75.7 Å². The number of nitrogens with zero attached hydrogens (tertiary/aromatic N) is 1. The number of halogens is 2. The van der Waals surface area contributed by atoms with Crippen LogP contribution in [0.15, 0.2) is 59.3 Å². The van der Waals surface area contributed by atoms with Gasteiger partial charge in [0.05, 0.1) is 17.9 Å². The Morgan fingerprint density at radius 1 is 1.07 bits per heavy atom. The van der Waals surface area contributed by atoms with Gasteiger partial charge in [-0.25, -0.2) is 14.1 Å². The summed E-state index contributed by atoms with van der Waals surface area (Å²) >= 11 is 6.06. The van der Waals surface area contributed by atoms with Crippen LogP contribution in [0.5, 0.6) is 0 Å². The third-order valence-electron chi connectivity index (χ3n) is 4.23. The lowest BCUT2D eigenvalue weighted by atomic mass is 10.2. The molecule has 8 heteroatoms. The van der Waals surface area contributed by atoms with Gasteiger partial charge in [-0.2, -0.15) is 0 Å². The van der Waals surface area contributed by atoms with Crippen molar-refractivity contribution in [3.63, 3.8) is 0 Å². The molecule has 2 aromatic rings. The van der Waals surface area contributed by atoms with Gasteiger partial charge in [-0.15, -0.1) is 0 Å². The highest BCUT2D eigenvalue weighted by atomic mass is 35.5. The number of imide groups is 1. The van der Waals surface area contributed by atoms with Crippen LogP contribution in [0.1, 0.15) is 30.1 Å². The predicted molar refractivity (Wildman–Crippen MR) is 107 cm³/mol. The van der Waals surface area contributed by atoms with Gasteiger partial charge in [0.1, 0.15) is 16.5 Å². The van der Waals surface area contributed by atoms with E-state index in [-0.39, 0.29) is 16.4 Å². The minimum absolute atomic E-state index is 0.0979. The summed E-state index contributed by atoms with van der Waals surface area (Å²) in [6.45, 7) is 2.36. The third kappa shape index (κ3) is 4.46. The summed E-state index contributed by atoms with van der Waals surface area (Å²) < 4.78 is 18.3. The van der Waals surface area contributed by atoms with Crippen molar-refractivity contribution in [3.05, 3.63) is 70.6 Å². The van der Waals surface area contributed by atoms with Crippen molar-refractivity contribution in [3.8, 4) is 0 Å². The summed E-state index contributed by atoms with van der Waals surface area (Å²) in [7, 11) is 0. The van der Waals surface area contributed by atoms with Gasteiger partial charge in [0, 0.05) is 5.69 Å². The first-order valence-electron chi connectivity index (χ1n) is 9.00. The Hall–Kier alpha value is -3.19. The quantitative estimate of drug-likeness (QED) is 0.415. The lowest BCUT2D eigenvalue weighted by molar-refractivity contribution is -0.120. The van der Waals surface area contributed by atoms with Crippen LogP contribution >= 0.6 is 11.6 Å². The fraction of sp³-hybridized carbons (Fsp3) is 0.190. The molecule has 1 aliphatic rings. The molecule has 0 aromatic heterocycles. The molecule has 0 fully saturated rings. The Morgan fingerprint density at radius 2 is 1.72 bits per heavy atom. The summed E-state index contributed by atoms with van der Waals surface area (Å²) in [6, 6.07) is 11.2. The smallest absolute Gasteiger partial charge is 0.338 e. The van der Waals surface area contributed by atoms with Crippen molar-refractivity contribution < 1.29 is 23.5 Å². The zero-order valence-corrected chi connectivity index (χ0v) is 16.3. The standard InChI is InChI=1S/C21H18ClFN2O4/c1-2-3-12-29-21(28)13-4-8-15(9-5-13)24-18-17(22)19(26)25(20(18)27)16-10-6-14(23)7-11-16/h4-11,24H,2-3,12H2,1H3. The maximum Gasteiger partial charge on any atom is 0.338 e. The highest BCUT2D eigenvalue weighted by molar-refractivity contribution is 6.53. The minimum atomic E-state index is -0.707. The number of rotatable bonds is 7. The lowest BCUT2D eigenvalue weighted by Crippen LogP contribution is -2.32. The number of esters is 1. The van der Waals surface area contributed by atoms with E-state index in [0.29, 0.717) is 17.9 Å². The van der Waals surface area contributed by atoms with Crippen LogP contribution in [0.2, 0.25) is 0 Å². The summed E-state index contributed by atoms with van der Waals surface area (Å²) in [6.07, 6.45) is 1.71. The maximum atomic E-state index is 13.1. The van der Waals surface area contributed by atoms with E-state index in [1.54, 1.807) is 24.3 Å². The molecule has 0 atom stereocenters. The van der Waals surface area contributed by atoms with Gasteiger partial charge in [0.25, 0.3) is 11.8 Å². The second-order valence-corrected chi connectivity index (χ2v) is 6.68. The summed E-state index contributed by atoms with van der Waals surface area (Å²) in [5.74, 6) is -2.29. The Kier molecular flexibility index (Phi) is 6.29. The highest BCUT2D eigenvalue weighted by Gasteiger charge is 2.38. The van der Waals surface area contributed by atoms with Crippen LogP contribution < -0.4 is 10.2 Å². The molecule has 0 saturated heterocycles. The number of hydrogen-bond donors (Lipinski definition) is 1. The lowest BCUT2D eigenvalue weighted by Gasteiger charge is -2.15. The van der Waals surface area contributed by atoms with Crippen LogP contribution in [0.25, 0.3) is 0 Å². The van der Waals surface area contributed by atoms with Crippen molar-refractivity contribution in [2.75, 3.05) is 16.8 Å². The van der Waals surface area contributed by atoms with Crippen molar-refractivity contribution >= 4 is 40.8 Å². The molecule has 1 N–H and O–H groups in total. The van der Waals surface area contributed by atoms with Crippen LogP contribution in [-0.4, -0.2) is 24.4 Å². The zero-order valence-electron chi connectivity index (χ0n) is 15.6. The number of anilines is 2. The van der Waals surface area contributed by atoms with Crippen LogP contribution in [0.3, 0.4) is 0 Å². The Morgan fingerprint density at radius 3 is 2.34 bits per heavy atom. The molecule has 3 rings (SSSR count). The van der Waals surface area contributed by atoms with E-state index in [1.165, 1.54) is 12.1 Å². The first-order chi connectivity index (χ1) is 13.9. The number of hydrogen-bond acceptors (Lipinski definition) is 5. The van der Waals surface area contributed by atoms with Crippen molar-refractivity contribution in [1.29, 1.82) is 0 Å². The average molecular weight is 417 g/mol. The number of nitrogens with one attached hydrogen (secondary N) is 1. The van der Waals surface area contributed by atoms with Gasteiger partial charge < -0.3 is 10.1 Å². The normalized spacial score (nSPS) is 13.8. The number of benzene rings is 2. The molecule has 0 aliphatic carbocycles. The largest absolute Gasteiger partial charge is 0.462 e. The third-order valence-corrected chi connectivity index (χ3v) is 4.58. The monoisotopic (exact) mass is 416 g/mol. The summed E-state index contributed by atoms with van der Waals surface area (Å²) in [5, 5.41) is 2.53. The van der Waals surface area contributed by atoms with Crippen molar-refractivity contribution in [2.45, 2.75) is 19.8 Å². The van der Waals surface area contributed by atoms with Crippen molar-refractivity contribution in [2.24, 2.45) is 0 Å². The summed E-state index contributed by atoms with van der Waals surface area (Å²) in [4.78, 5) is 37.9. The number of ether oxygens (including phenoxy) is 1. The van der Waals surface area contributed by atoms with Gasteiger partial charge in [0.2, 0.25) is 0 Å². The zero-order chi connectivity index (χ0) is 21.0. The van der Waals surface area contributed by atoms with Crippen molar-refractivity contribution in [1.82, 2.24) is 0 Å². The van der Waals surface area contributed by atoms with Gasteiger partial charge in [-0.1, -0.05) is 24.9 Å². The van der Waals surface area contributed by atoms with Gasteiger partial charge >= 0.3 is 5.97 Å². The Labute approximate surface area is 171 Å². The molecule has 0 unspecified atom stereocenters. The van der Waals surface area contributed by atoms with E-state index in [2.05, 4.69) is 5.32 Å². The fourth-order valence-corrected chi connectivity index (χ4v) is 2.88. The second kappa shape index (κ2) is 8.87. The molecule has 6 nitrogen and oxygen atoms in total. The van der Waals surface area contributed by atoms with E-state index in [1.807, 2.05) is 6.92 Å². The Bertz CT molecular complexity index is 971. The number of carbonyl (C=O) groups excluding carboxylic acids is 3. The minimum Gasteiger partial charge on any atom is -0.462 e. The fourth-order valence-electron chi connectivity index (χ4n) is 2.66. The molecule has 29 heavy (non-hydrogen) atoms. The summed E-state index contributed by atoms with van der Waals surface area (Å²) in [5.41, 5.74) is 0.944. The molecule has 1 heterocycles. The van der Waals surface area contributed by atoms with Crippen LogP contribution in [-0.2, 0) is 14.3 Å². The number of unbranched alkanes of at least 4 members (excludes halogenated alkanes) is 1. The molecule has 2 amide bonds. The first kappa shape index (κ1) is 20.5. The predicted octanol–water partition coefficient (Wildman–Crippen LogP) is 4.22. The number of amides is 2. The second-order valence-electron chi connectivity index (χ2n) is 6.30.